The molecule has 2 N–H and O–H groups in total. The molecule has 0 amide bonds. The van der Waals surface area contributed by atoms with E-state index in [-0.39, 0.29) is 0 Å². The monoisotopic (exact) mass is 246 g/mol. The SMILES string of the molecule is OC(Cc1ccn(C2CCCC2)n1)c1ncc[nH]1. The average Bonchev–Trinajstić information content (AvgIpc) is 3.12. The van der Waals surface area contributed by atoms with Crippen molar-refractivity contribution in [3.8, 4) is 0 Å². The largest absolute Gasteiger partial charge is 0.385 e. The molecule has 1 fully saturated rings. The molecule has 0 radical (unpaired) electrons. The summed E-state index contributed by atoms with van der Waals surface area (Å²) in [5.74, 6) is 0.602. The number of hydrogen-bond acceptors (Lipinski definition) is 3. The normalized spacial score (nSPS) is 18.3. The van der Waals surface area contributed by atoms with E-state index >= 15 is 0 Å². The number of imidazole rings is 1. The molecule has 5 heteroatoms. The Balaban J connectivity index is 1.66. The molecule has 1 aliphatic carbocycles. The van der Waals surface area contributed by atoms with E-state index in [0.29, 0.717) is 18.3 Å². The highest BCUT2D eigenvalue weighted by molar-refractivity contribution is 5.05. The summed E-state index contributed by atoms with van der Waals surface area (Å²) in [6.45, 7) is 0. The van der Waals surface area contributed by atoms with Crippen LogP contribution in [0.2, 0.25) is 0 Å². The molecule has 2 aromatic rings. The van der Waals surface area contributed by atoms with Crippen molar-refractivity contribution >= 4 is 0 Å². The third-order valence-corrected chi connectivity index (χ3v) is 3.60. The van der Waals surface area contributed by atoms with Gasteiger partial charge in [-0.15, -0.1) is 0 Å². The van der Waals surface area contributed by atoms with Gasteiger partial charge in [0.2, 0.25) is 0 Å². The molecule has 1 saturated carbocycles. The Bertz CT molecular complexity index is 485. The predicted octanol–water partition coefficient (Wildman–Crippen LogP) is 2.00. The van der Waals surface area contributed by atoms with E-state index in [1.54, 1.807) is 12.4 Å². The lowest BCUT2D eigenvalue weighted by Crippen LogP contribution is -2.08. The number of rotatable bonds is 4. The van der Waals surface area contributed by atoms with Crippen LogP contribution in [0.5, 0.6) is 0 Å². The molecule has 0 bridgehead atoms. The first-order valence-electron chi connectivity index (χ1n) is 6.54. The van der Waals surface area contributed by atoms with Crippen LogP contribution >= 0.6 is 0 Å². The lowest BCUT2D eigenvalue weighted by Gasteiger charge is -2.09. The van der Waals surface area contributed by atoms with Gasteiger partial charge in [0.1, 0.15) is 11.9 Å². The van der Waals surface area contributed by atoms with Gasteiger partial charge in [0.15, 0.2) is 0 Å². The smallest absolute Gasteiger partial charge is 0.135 e. The molecule has 0 aliphatic heterocycles. The summed E-state index contributed by atoms with van der Waals surface area (Å²) in [4.78, 5) is 6.98. The van der Waals surface area contributed by atoms with Gasteiger partial charge in [-0.3, -0.25) is 4.68 Å². The molecule has 1 aliphatic rings. The zero-order valence-corrected chi connectivity index (χ0v) is 10.3. The number of aromatic amines is 1. The molecule has 0 spiro atoms. The third-order valence-electron chi connectivity index (χ3n) is 3.60. The van der Waals surface area contributed by atoms with Crippen molar-refractivity contribution < 1.29 is 5.11 Å². The minimum absolute atomic E-state index is 0.507. The number of hydrogen-bond donors (Lipinski definition) is 2. The lowest BCUT2D eigenvalue weighted by molar-refractivity contribution is 0.167. The topological polar surface area (TPSA) is 66.7 Å². The number of aliphatic hydroxyl groups excluding tert-OH is 1. The van der Waals surface area contributed by atoms with Gasteiger partial charge in [-0.05, 0) is 18.9 Å². The van der Waals surface area contributed by atoms with E-state index in [4.69, 9.17) is 0 Å². The zero-order chi connectivity index (χ0) is 12.4. The molecule has 5 nitrogen and oxygen atoms in total. The van der Waals surface area contributed by atoms with E-state index < -0.39 is 6.10 Å². The van der Waals surface area contributed by atoms with Crippen LogP contribution in [0.4, 0.5) is 0 Å². The Kier molecular flexibility index (Phi) is 3.15. The Hall–Kier alpha value is -1.62. The van der Waals surface area contributed by atoms with Crippen molar-refractivity contribution in [2.24, 2.45) is 0 Å². The minimum Gasteiger partial charge on any atom is -0.385 e. The molecule has 0 saturated heterocycles. The van der Waals surface area contributed by atoms with Gasteiger partial charge in [0.05, 0.1) is 11.7 Å². The second-order valence-corrected chi connectivity index (χ2v) is 4.92. The van der Waals surface area contributed by atoms with Gasteiger partial charge in [-0.25, -0.2) is 4.98 Å². The summed E-state index contributed by atoms with van der Waals surface area (Å²) in [5, 5.41) is 14.6. The molecular formula is C13H18N4O. The highest BCUT2D eigenvalue weighted by Gasteiger charge is 2.18. The first-order chi connectivity index (χ1) is 8.83. The van der Waals surface area contributed by atoms with Crippen LogP contribution in [-0.2, 0) is 6.42 Å². The van der Waals surface area contributed by atoms with Crippen molar-refractivity contribution in [1.82, 2.24) is 19.7 Å². The highest BCUT2D eigenvalue weighted by Crippen LogP contribution is 2.29. The fourth-order valence-electron chi connectivity index (χ4n) is 2.61. The van der Waals surface area contributed by atoms with Gasteiger partial charge in [0.25, 0.3) is 0 Å². The fourth-order valence-corrected chi connectivity index (χ4v) is 2.61. The summed E-state index contributed by atoms with van der Waals surface area (Å²) in [6.07, 6.45) is 10.3. The highest BCUT2D eigenvalue weighted by atomic mass is 16.3. The van der Waals surface area contributed by atoms with Gasteiger partial charge in [-0.1, -0.05) is 12.8 Å². The molecular weight excluding hydrogens is 228 g/mol. The Morgan fingerprint density at radius 2 is 2.28 bits per heavy atom. The summed E-state index contributed by atoms with van der Waals surface area (Å²) >= 11 is 0. The van der Waals surface area contributed by atoms with Crippen LogP contribution in [0.15, 0.2) is 24.7 Å². The van der Waals surface area contributed by atoms with Crippen LogP contribution in [0.1, 0.15) is 49.3 Å². The first kappa shape index (κ1) is 11.5. The number of H-pyrrole nitrogens is 1. The molecule has 2 aromatic heterocycles. The second-order valence-electron chi connectivity index (χ2n) is 4.92. The predicted molar refractivity (Wildman–Crippen MR) is 67.0 cm³/mol. The standard InChI is InChI=1S/C13H18N4O/c18-12(13-14-6-7-15-13)9-10-5-8-17(16-10)11-3-1-2-4-11/h5-8,11-12,18H,1-4,9H2,(H,14,15). The van der Waals surface area contributed by atoms with Crippen LogP contribution in [-0.4, -0.2) is 24.9 Å². The Morgan fingerprint density at radius 3 is 3.00 bits per heavy atom. The van der Waals surface area contributed by atoms with E-state index in [1.165, 1.54) is 25.7 Å². The molecule has 1 unspecified atom stereocenters. The zero-order valence-electron chi connectivity index (χ0n) is 10.3. The molecule has 0 aromatic carbocycles. The molecule has 2 heterocycles. The first-order valence-corrected chi connectivity index (χ1v) is 6.54. The van der Waals surface area contributed by atoms with E-state index in [9.17, 15) is 5.11 Å². The van der Waals surface area contributed by atoms with Gasteiger partial charge in [-0.2, -0.15) is 5.10 Å². The van der Waals surface area contributed by atoms with Gasteiger partial charge in [0, 0.05) is 25.0 Å². The van der Waals surface area contributed by atoms with Crippen molar-refractivity contribution in [3.63, 3.8) is 0 Å². The van der Waals surface area contributed by atoms with E-state index in [1.807, 2.05) is 12.3 Å². The summed E-state index contributed by atoms with van der Waals surface area (Å²) in [5.41, 5.74) is 0.922. The molecule has 18 heavy (non-hydrogen) atoms. The summed E-state index contributed by atoms with van der Waals surface area (Å²) in [7, 11) is 0. The molecule has 96 valence electrons. The lowest BCUT2D eigenvalue weighted by atomic mass is 10.2. The Labute approximate surface area is 106 Å². The van der Waals surface area contributed by atoms with Crippen molar-refractivity contribution in [2.45, 2.75) is 44.2 Å². The number of nitrogens with one attached hydrogen (secondary N) is 1. The van der Waals surface area contributed by atoms with E-state index in [2.05, 4.69) is 19.7 Å². The molecule has 1 atom stereocenters. The number of aliphatic hydroxyl groups is 1. The Morgan fingerprint density at radius 1 is 1.44 bits per heavy atom. The number of nitrogens with zero attached hydrogens (tertiary/aromatic N) is 3. The summed E-state index contributed by atoms with van der Waals surface area (Å²) < 4.78 is 2.05. The number of aromatic nitrogens is 4. The quantitative estimate of drug-likeness (QED) is 0.867. The van der Waals surface area contributed by atoms with Crippen LogP contribution in [0.3, 0.4) is 0 Å². The second kappa shape index (κ2) is 4.94. The van der Waals surface area contributed by atoms with Crippen LogP contribution in [0, 0.1) is 0 Å². The van der Waals surface area contributed by atoms with Crippen LogP contribution < -0.4 is 0 Å². The maximum atomic E-state index is 9.99. The third kappa shape index (κ3) is 2.31. The maximum Gasteiger partial charge on any atom is 0.135 e. The summed E-state index contributed by atoms with van der Waals surface area (Å²) in [6, 6.07) is 2.55. The van der Waals surface area contributed by atoms with Gasteiger partial charge < -0.3 is 10.1 Å². The molecule has 3 rings (SSSR count). The van der Waals surface area contributed by atoms with Crippen LogP contribution in [0.25, 0.3) is 0 Å². The van der Waals surface area contributed by atoms with Gasteiger partial charge >= 0.3 is 0 Å². The average molecular weight is 246 g/mol. The van der Waals surface area contributed by atoms with Crippen molar-refractivity contribution in [3.05, 3.63) is 36.2 Å². The van der Waals surface area contributed by atoms with Crippen molar-refractivity contribution in [1.29, 1.82) is 0 Å². The van der Waals surface area contributed by atoms with Crippen molar-refractivity contribution in [2.75, 3.05) is 0 Å². The minimum atomic E-state index is -0.605. The maximum absolute atomic E-state index is 9.99. The fraction of sp³-hybridized carbons (Fsp3) is 0.538. The van der Waals surface area contributed by atoms with E-state index in [0.717, 1.165) is 5.69 Å².